The van der Waals surface area contributed by atoms with E-state index < -0.39 is 34.6 Å². The van der Waals surface area contributed by atoms with E-state index in [0.717, 1.165) is 31.8 Å². The van der Waals surface area contributed by atoms with Crippen LogP contribution in [0.1, 0.15) is 69.3 Å². The molecule has 0 aliphatic rings. The predicted molar refractivity (Wildman–Crippen MR) is 134 cm³/mol. The molecule has 0 spiro atoms. The number of rotatable bonds is 6. The van der Waals surface area contributed by atoms with Gasteiger partial charge in [-0.1, -0.05) is 12.1 Å². The Hall–Kier alpha value is -4.74. The quantitative estimate of drug-likeness (QED) is 0.255. The number of nitrogens with one attached hydrogen (secondary N) is 3. The number of aromatic nitrogens is 6. The van der Waals surface area contributed by atoms with E-state index in [1.165, 1.54) is 17.5 Å². The van der Waals surface area contributed by atoms with Crippen molar-refractivity contribution in [1.29, 1.82) is 0 Å². The van der Waals surface area contributed by atoms with Crippen molar-refractivity contribution in [3.05, 3.63) is 89.5 Å². The van der Waals surface area contributed by atoms with Crippen LogP contribution in [0.15, 0.2) is 55.4 Å². The van der Waals surface area contributed by atoms with Crippen molar-refractivity contribution in [2.45, 2.75) is 61.2 Å². The monoisotopic (exact) mass is 540 g/mol. The summed E-state index contributed by atoms with van der Waals surface area (Å²) in [6.07, 6.45) is 11.9. The van der Waals surface area contributed by atoms with Gasteiger partial charge in [0.25, 0.3) is 17.5 Å². The summed E-state index contributed by atoms with van der Waals surface area (Å²) >= 11 is 0. The van der Waals surface area contributed by atoms with Gasteiger partial charge >= 0.3 is 0 Å². The van der Waals surface area contributed by atoms with Gasteiger partial charge in [0.05, 0.1) is 37.5 Å². The van der Waals surface area contributed by atoms with Gasteiger partial charge in [-0.05, 0) is 32.4 Å². The zero-order valence-corrected chi connectivity index (χ0v) is 23.1. The number of carbonyl (C=O) groups is 3. The maximum absolute atomic E-state index is 10.5. The molecule has 0 unspecified atom stereocenters. The van der Waals surface area contributed by atoms with E-state index in [-0.39, 0.29) is 0 Å². The molecule has 0 fully saturated rings. The molecular weight excluding hydrogens is 504 g/mol. The second kappa shape index (κ2) is 16.2. The van der Waals surface area contributed by atoms with Gasteiger partial charge in [0, 0.05) is 31.9 Å². The van der Waals surface area contributed by atoms with Crippen LogP contribution in [0.2, 0.25) is 0 Å². The molecule has 0 saturated carbocycles. The van der Waals surface area contributed by atoms with Crippen molar-refractivity contribution in [2.24, 2.45) is 0 Å². The topological polar surface area (TPSA) is 179 Å². The zero-order valence-electron chi connectivity index (χ0n) is 23.1. The first-order valence-electron chi connectivity index (χ1n) is 12.3. The average Bonchev–Trinajstić information content (AvgIpc) is 3.65. The van der Waals surface area contributed by atoms with Crippen LogP contribution in [0.4, 0.5) is 0 Å². The van der Waals surface area contributed by atoms with Crippen molar-refractivity contribution in [3.8, 4) is 0 Å². The van der Waals surface area contributed by atoms with Crippen LogP contribution in [0.3, 0.4) is 0 Å². The SMILES string of the molecule is CC[n+]1cc[nH]c1C.CC[n+]1cc[nH]c1C.CC[n+]1cc[nH]c1C.O=C([O-])c1ccc(C(=O)[O-])c(C(=O)[O-])c1. The van der Waals surface area contributed by atoms with Crippen LogP contribution in [-0.2, 0) is 19.6 Å². The third-order valence-electron chi connectivity index (χ3n) is 5.65. The molecule has 12 heteroatoms. The summed E-state index contributed by atoms with van der Waals surface area (Å²) in [6.45, 7) is 15.7. The number of H-pyrrole nitrogens is 3. The Morgan fingerprint density at radius 3 is 1.18 bits per heavy atom. The average molecular weight is 541 g/mol. The third-order valence-corrected chi connectivity index (χ3v) is 5.65. The van der Waals surface area contributed by atoms with Crippen molar-refractivity contribution < 1.29 is 43.4 Å². The molecule has 4 rings (SSSR count). The number of aromatic carboxylic acids is 3. The lowest BCUT2D eigenvalue weighted by atomic mass is 10.0. The summed E-state index contributed by atoms with van der Waals surface area (Å²) in [5.74, 6) is -1.48. The normalized spacial score (nSPS) is 9.69. The maximum atomic E-state index is 10.5. The number of aromatic amines is 3. The molecule has 3 aromatic heterocycles. The highest BCUT2D eigenvalue weighted by Gasteiger charge is 2.06. The van der Waals surface area contributed by atoms with Gasteiger partial charge in [-0.3, -0.25) is 0 Å². The first kappa shape index (κ1) is 32.3. The Bertz CT molecular complexity index is 1260. The first-order chi connectivity index (χ1) is 18.5. The highest BCUT2D eigenvalue weighted by molar-refractivity contribution is 6.02. The Kier molecular flexibility index (Phi) is 13.4. The summed E-state index contributed by atoms with van der Waals surface area (Å²) in [5.41, 5.74) is -1.84. The van der Waals surface area contributed by atoms with E-state index in [1.54, 1.807) is 0 Å². The van der Waals surface area contributed by atoms with Crippen LogP contribution in [0, 0.1) is 20.8 Å². The molecule has 0 radical (unpaired) electrons. The van der Waals surface area contributed by atoms with Crippen LogP contribution in [0.25, 0.3) is 0 Å². The fourth-order valence-electron chi connectivity index (χ4n) is 3.37. The second-order valence-corrected chi connectivity index (χ2v) is 8.12. The number of hydrogen-bond acceptors (Lipinski definition) is 6. The van der Waals surface area contributed by atoms with E-state index in [0.29, 0.717) is 6.07 Å². The van der Waals surface area contributed by atoms with Crippen molar-refractivity contribution in [1.82, 2.24) is 15.0 Å². The standard InChI is InChI=1S/C9H6O6.3C6H10N2/c10-7(11)4-1-2-5(8(12)13)6(3-4)9(14)15;3*1-3-8-5-4-7-6(8)2/h1-3H,(H,10,11)(H,12,13)(H,14,15);3*4-5H,3H2,1-2H3. The number of aryl methyl sites for hydroxylation is 6. The molecule has 0 atom stereocenters. The number of imidazole rings is 3. The molecule has 0 bridgehead atoms. The zero-order chi connectivity index (χ0) is 29.5. The third kappa shape index (κ3) is 10.3. The summed E-state index contributed by atoms with van der Waals surface area (Å²) in [6, 6.07) is 2.37. The Labute approximate surface area is 227 Å². The Balaban J connectivity index is 0.000000273. The molecule has 210 valence electrons. The Morgan fingerprint density at radius 1 is 0.615 bits per heavy atom. The van der Waals surface area contributed by atoms with Gasteiger partial charge in [-0.25, -0.2) is 28.7 Å². The van der Waals surface area contributed by atoms with Crippen LogP contribution >= 0.6 is 0 Å². The molecule has 0 aliphatic carbocycles. The smallest absolute Gasteiger partial charge is 0.250 e. The summed E-state index contributed by atoms with van der Waals surface area (Å²) in [4.78, 5) is 40.5. The first-order valence-corrected chi connectivity index (χ1v) is 12.3. The van der Waals surface area contributed by atoms with Crippen molar-refractivity contribution >= 4 is 17.9 Å². The minimum Gasteiger partial charge on any atom is -0.545 e. The van der Waals surface area contributed by atoms with Crippen molar-refractivity contribution in [3.63, 3.8) is 0 Å². The number of hydrogen-bond donors (Lipinski definition) is 3. The molecule has 4 aromatic rings. The van der Waals surface area contributed by atoms with Gasteiger partial charge in [-0.2, -0.15) is 0 Å². The molecule has 0 aliphatic heterocycles. The number of benzene rings is 1. The lowest BCUT2D eigenvalue weighted by molar-refractivity contribution is -0.698. The molecule has 3 N–H and O–H groups in total. The highest BCUT2D eigenvalue weighted by atomic mass is 16.4. The van der Waals surface area contributed by atoms with Crippen LogP contribution in [0.5, 0.6) is 0 Å². The molecule has 0 saturated heterocycles. The molecule has 3 heterocycles. The van der Waals surface area contributed by atoms with E-state index >= 15 is 0 Å². The Morgan fingerprint density at radius 2 is 0.974 bits per heavy atom. The van der Waals surface area contributed by atoms with Crippen LogP contribution < -0.4 is 29.0 Å². The molecule has 39 heavy (non-hydrogen) atoms. The number of carboxylic acid groups (broad SMARTS) is 3. The summed E-state index contributed by atoms with van der Waals surface area (Å²) in [5, 5.41) is 31.3. The van der Waals surface area contributed by atoms with E-state index in [1.807, 2.05) is 37.2 Å². The minimum absolute atomic E-state index is 0.445. The number of carbonyl (C=O) groups excluding carboxylic acids is 3. The second-order valence-electron chi connectivity index (χ2n) is 8.12. The van der Waals surface area contributed by atoms with Gasteiger partial charge < -0.3 is 29.7 Å². The van der Waals surface area contributed by atoms with Gasteiger partial charge in [0.1, 0.15) is 37.2 Å². The lowest BCUT2D eigenvalue weighted by Crippen LogP contribution is -2.32. The summed E-state index contributed by atoms with van der Waals surface area (Å²) < 4.78 is 6.46. The molecular formula is C27H36N6O6. The minimum atomic E-state index is -1.79. The van der Waals surface area contributed by atoms with E-state index in [9.17, 15) is 29.7 Å². The van der Waals surface area contributed by atoms with Crippen molar-refractivity contribution in [2.75, 3.05) is 0 Å². The lowest BCUT2D eigenvalue weighted by Gasteiger charge is -2.13. The predicted octanol–water partition coefficient (Wildman–Crippen LogP) is -1.33. The van der Waals surface area contributed by atoms with E-state index in [4.69, 9.17) is 0 Å². The molecule has 0 amide bonds. The van der Waals surface area contributed by atoms with Gasteiger partial charge in [0.15, 0.2) is 0 Å². The van der Waals surface area contributed by atoms with Gasteiger partial charge in [0.2, 0.25) is 0 Å². The number of nitrogens with zero attached hydrogens (tertiary/aromatic N) is 3. The fraction of sp³-hybridized carbons (Fsp3) is 0.333. The van der Waals surface area contributed by atoms with E-state index in [2.05, 4.69) is 70.2 Å². The van der Waals surface area contributed by atoms with Crippen LogP contribution in [-0.4, -0.2) is 32.9 Å². The molecule has 1 aromatic carbocycles. The largest absolute Gasteiger partial charge is 0.545 e. The fourth-order valence-corrected chi connectivity index (χ4v) is 3.37. The number of carboxylic acids is 3. The molecule has 12 nitrogen and oxygen atoms in total. The maximum Gasteiger partial charge on any atom is 0.250 e. The summed E-state index contributed by atoms with van der Waals surface area (Å²) in [7, 11) is 0. The highest BCUT2D eigenvalue weighted by Crippen LogP contribution is 2.10. The van der Waals surface area contributed by atoms with Gasteiger partial charge in [-0.15, -0.1) is 0 Å².